The summed E-state index contributed by atoms with van der Waals surface area (Å²) in [6.45, 7) is 8.35. The van der Waals surface area contributed by atoms with Crippen molar-refractivity contribution in [1.82, 2.24) is 0 Å². The first-order valence-corrected chi connectivity index (χ1v) is 6.85. The molecule has 0 spiro atoms. The third-order valence-electron chi connectivity index (χ3n) is 2.67. The summed E-state index contributed by atoms with van der Waals surface area (Å²) in [5.74, 6) is -0.323. The average molecular weight is 280 g/mol. The van der Waals surface area contributed by atoms with Gasteiger partial charge in [-0.05, 0) is 45.2 Å². The van der Waals surface area contributed by atoms with E-state index in [4.69, 9.17) is 14.6 Å². The number of hydrogen-bond donors (Lipinski definition) is 1. The van der Waals surface area contributed by atoms with Crippen LogP contribution in [0.4, 0.5) is 0 Å². The average Bonchev–Trinajstić information content (AvgIpc) is 2.32. The highest BCUT2D eigenvalue weighted by Crippen LogP contribution is 2.20. The largest absolute Gasteiger partial charge is 0.456 e. The van der Waals surface area contributed by atoms with Crippen LogP contribution in [0.15, 0.2) is 18.2 Å². The predicted octanol–water partition coefficient (Wildman–Crippen LogP) is 2.85. The molecule has 0 saturated carbocycles. The Hall–Kier alpha value is -1.39. The summed E-state index contributed by atoms with van der Waals surface area (Å²) in [6.07, 6.45) is 0.591. The molecular weight excluding hydrogens is 256 g/mol. The number of carbonyl (C=O) groups excluding carboxylic acids is 1. The van der Waals surface area contributed by atoms with Crippen molar-refractivity contribution in [1.29, 1.82) is 0 Å². The van der Waals surface area contributed by atoms with Crippen molar-refractivity contribution >= 4 is 5.97 Å². The second-order valence-electron chi connectivity index (χ2n) is 5.74. The van der Waals surface area contributed by atoms with Crippen LogP contribution in [0.2, 0.25) is 0 Å². The van der Waals surface area contributed by atoms with Crippen LogP contribution in [0.1, 0.15) is 48.7 Å². The van der Waals surface area contributed by atoms with Gasteiger partial charge in [0.2, 0.25) is 0 Å². The van der Waals surface area contributed by atoms with Gasteiger partial charge in [0.15, 0.2) is 0 Å². The molecule has 0 saturated heterocycles. The van der Waals surface area contributed by atoms with E-state index in [1.54, 1.807) is 0 Å². The summed E-state index contributed by atoms with van der Waals surface area (Å²) >= 11 is 0. The Morgan fingerprint density at radius 3 is 2.60 bits per heavy atom. The van der Waals surface area contributed by atoms with E-state index in [-0.39, 0.29) is 12.6 Å². The standard InChI is InChI=1S/C16H24O4/c1-12-7-5-8-13(11-19-10-6-9-17)14(12)15(18)20-16(2,3)4/h5,7-8,17H,6,9-11H2,1-4H3. The zero-order chi connectivity index (χ0) is 15.2. The lowest BCUT2D eigenvalue weighted by molar-refractivity contribution is 0.00633. The Bertz CT molecular complexity index is 446. The van der Waals surface area contributed by atoms with Gasteiger partial charge in [0.05, 0.1) is 12.2 Å². The summed E-state index contributed by atoms with van der Waals surface area (Å²) in [5.41, 5.74) is 1.75. The molecule has 1 aromatic carbocycles. The van der Waals surface area contributed by atoms with Gasteiger partial charge in [0.25, 0.3) is 0 Å². The normalized spacial score (nSPS) is 11.4. The maximum atomic E-state index is 12.3. The third-order valence-corrected chi connectivity index (χ3v) is 2.67. The van der Waals surface area contributed by atoms with Crippen molar-refractivity contribution < 1.29 is 19.4 Å². The lowest BCUT2D eigenvalue weighted by Crippen LogP contribution is -2.25. The number of ether oxygens (including phenoxy) is 2. The highest BCUT2D eigenvalue weighted by molar-refractivity contribution is 5.93. The van der Waals surface area contributed by atoms with Crippen LogP contribution in [-0.4, -0.2) is 29.9 Å². The summed E-state index contributed by atoms with van der Waals surface area (Å²) in [6, 6.07) is 5.65. The fourth-order valence-electron chi connectivity index (χ4n) is 1.82. The van der Waals surface area contributed by atoms with Crippen LogP contribution in [0, 0.1) is 6.92 Å². The highest BCUT2D eigenvalue weighted by Gasteiger charge is 2.21. The quantitative estimate of drug-likeness (QED) is 0.643. The van der Waals surface area contributed by atoms with Crippen LogP contribution in [0.25, 0.3) is 0 Å². The highest BCUT2D eigenvalue weighted by atomic mass is 16.6. The van der Waals surface area contributed by atoms with Gasteiger partial charge in [-0.25, -0.2) is 4.79 Å². The molecule has 0 aromatic heterocycles. The molecule has 1 rings (SSSR count). The number of carbonyl (C=O) groups is 1. The molecule has 0 amide bonds. The number of aryl methyl sites for hydroxylation is 1. The Morgan fingerprint density at radius 2 is 2.00 bits per heavy atom. The van der Waals surface area contributed by atoms with E-state index in [1.165, 1.54) is 0 Å². The Balaban J connectivity index is 2.85. The molecule has 4 heteroatoms. The lowest BCUT2D eigenvalue weighted by Gasteiger charge is -2.21. The minimum Gasteiger partial charge on any atom is -0.456 e. The first kappa shape index (κ1) is 16.7. The molecule has 4 nitrogen and oxygen atoms in total. The number of aliphatic hydroxyl groups excluding tert-OH is 1. The van der Waals surface area contributed by atoms with Gasteiger partial charge in [0.1, 0.15) is 5.60 Å². The predicted molar refractivity (Wildman–Crippen MR) is 77.7 cm³/mol. The minimum absolute atomic E-state index is 0.104. The van der Waals surface area contributed by atoms with Crippen molar-refractivity contribution in [2.45, 2.75) is 46.3 Å². The molecule has 0 aliphatic rings. The van der Waals surface area contributed by atoms with Gasteiger partial charge in [-0.2, -0.15) is 0 Å². The summed E-state index contributed by atoms with van der Waals surface area (Å²) in [4.78, 5) is 12.3. The fraction of sp³-hybridized carbons (Fsp3) is 0.562. The smallest absolute Gasteiger partial charge is 0.339 e. The molecule has 0 heterocycles. The molecule has 1 N–H and O–H groups in total. The van der Waals surface area contributed by atoms with Gasteiger partial charge in [-0.3, -0.25) is 0 Å². The Kier molecular flexibility index (Phi) is 6.17. The molecule has 20 heavy (non-hydrogen) atoms. The van der Waals surface area contributed by atoms with Crippen molar-refractivity contribution in [3.63, 3.8) is 0 Å². The molecule has 1 aromatic rings. The SMILES string of the molecule is Cc1cccc(COCCCO)c1C(=O)OC(C)(C)C. The first-order valence-electron chi connectivity index (χ1n) is 6.85. The van der Waals surface area contributed by atoms with Crippen LogP contribution in [0.5, 0.6) is 0 Å². The molecule has 0 aliphatic heterocycles. The second-order valence-corrected chi connectivity index (χ2v) is 5.74. The molecule has 0 radical (unpaired) electrons. The summed E-state index contributed by atoms with van der Waals surface area (Å²) in [5, 5.41) is 8.72. The van der Waals surface area contributed by atoms with Crippen molar-refractivity contribution in [3.05, 3.63) is 34.9 Å². The van der Waals surface area contributed by atoms with Crippen LogP contribution >= 0.6 is 0 Å². The zero-order valence-electron chi connectivity index (χ0n) is 12.7. The molecule has 112 valence electrons. The number of esters is 1. The molecular formula is C16H24O4. The van der Waals surface area contributed by atoms with E-state index < -0.39 is 5.60 Å². The molecule has 0 bridgehead atoms. The van der Waals surface area contributed by atoms with E-state index in [1.807, 2.05) is 45.9 Å². The monoisotopic (exact) mass is 280 g/mol. The second kappa shape index (κ2) is 7.41. The van der Waals surface area contributed by atoms with Crippen molar-refractivity contribution in [2.75, 3.05) is 13.2 Å². The van der Waals surface area contributed by atoms with Gasteiger partial charge in [-0.1, -0.05) is 18.2 Å². The summed E-state index contributed by atoms with van der Waals surface area (Å²) < 4.78 is 10.9. The molecule has 0 aliphatic carbocycles. The van der Waals surface area contributed by atoms with Gasteiger partial charge in [0, 0.05) is 13.2 Å². The van der Waals surface area contributed by atoms with Crippen molar-refractivity contribution in [3.8, 4) is 0 Å². The van der Waals surface area contributed by atoms with Gasteiger partial charge in [-0.15, -0.1) is 0 Å². The molecule has 0 fully saturated rings. The van der Waals surface area contributed by atoms with E-state index >= 15 is 0 Å². The zero-order valence-corrected chi connectivity index (χ0v) is 12.7. The maximum Gasteiger partial charge on any atom is 0.339 e. The van der Waals surface area contributed by atoms with E-state index in [0.29, 0.717) is 25.2 Å². The number of rotatable bonds is 6. The first-order chi connectivity index (χ1) is 9.35. The minimum atomic E-state index is -0.519. The number of hydrogen-bond acceptors (Lipinski definition) is 4. The van der Waals surface area contributed by atoms with E-state index in [0.717, 1.165) is 11.1 Å². The Labute approximate surface area is 120 Å². The number of aliphatic hydroxyl groups is 1. The molecule has 0 atom stereocenters. The molecule has 0 unspecified atom stereocenters. The van der Waals surface area contributed by atoms with Crippen LogP contribution in [-0.2, 0) is 16.1 Å². The topological polar surface area (TPSA) is 55.8 Å². The van der Waals surface area contributed by atoms with Crippen LogP contribution in [0.3, 0.4) is 0 Å². The lowest BCUT2D eigenvalue weighted by atomic mass is 10.0. The third kappa shape index (κ3) is 5.31. The maximum absolute atomic E-state index is 12.3. The Morgan fingerprint density at radius 1 is 1.30 bits per heavy atom. The number of benzene rings is 1. The van der Waals surface area contributed by atoms with Crippen LogP contribution < -0.4 is 0 Å². The van der Waals surface area contributed by atoms with E-state index in [2.05, 4.69) is 0 Å². The fourth-order valence-corrected chi connectivity index (χ4v) is 1.82. The summed E-state index contributed by atoms with van der Waals surface area (Å²) in [7, 11) is 0. The van der Waals surface area contributed by atoms with Crippen molar-refractivity contribution in [2.24, 2.45) is 0 Å². The van der Waals surface area contributed by atoms with Gasteiger partial charge >= 0.3 is 5.97 Å². The van der Waals surface area contributed by atoms with Gasteiger partial charge < -0.3 is 14.6 Å². The van der Waals surface area contributed by atoms with E-state index in [9.17, 15) is 4.79 Å².